The molecule has 1 heterocycles. The lowest BCUT2D eigenvalue weighted by Crippen LogP contribution is -1.78. The SMILES string of the molecule is CCc1ccc2sc3cccc(C)c3c2c1. The monoisotopic (exact) mass is 226 g/mol. The van der Waals surface area contributed by atoms with Gasteiger partial charge in [0.1, 0.15) is 0 Å². The Morgan fingerprint density at radius 2 is 1.94 bits per heavy atom. The highest BCUT2D eigenvalue weighted by atomic mass is 32.1. The summed E-state index contributed by atoms with van der Waals surface area (Å²) >= 11 is 1.90. The molecule has 0 unspecified atom stereocenters. The third-order valence-electron chi connectivity index (χ3n) is 3.18. The molecule has 0 atom stereocenters. The van der Waals surface area contributed by atoms with Crippen molar-refractivity contribution in [3.63, 3.8) is 0 Å². The molecule has 0 fully saturated rings. The summed E-state index contributed by atoms with van der Waals surface area (Å²) < 4.78 is 2.81. The van der Waals surface area contributed by atoms with Gasteiger partial charge < -0.3 is 0 Å². The van der Waals surface area contributed by atoms with E-state index in [0.717, 1.165) is 6.42 Å². The van der Waals surface area contributed by atoms with E-state index in [2.05, 4.69) is 50.2 Å². The second kappa shape index (κ2) is 3.60. The van der Waals surface area contributed by atoms with E-state index in [0.29, 0.717) is 0 Å². The van der Waals surface area contributed by atoms with Gasteiger partial charge in [-0.25, -0.2) is 0 Å². The fourth-order valence-corrected chi connectivity index (χ4v) is 3.43. The van der Waals surface area contributed by atoms with E-state index in [9.17, 15) is 0 Å². The molecule has 0 amide bonds. The topological polar surface area (TPSA) is 0 Å². The van der Waals surface area contributed by atoms with Gasteiger partial charge in [-0.15, -0.1) is 11.3 Å². The van der Waals surface area contributed by atoms with E-state index in [1.807, 2.05) is 11.3 Å². The van der Waals surface area contributed by atoms with Crippen LogP contribution in [0.3, 0.4) is 0 Å². The molecule has 0 radical (unpaired) electrons. The van der Waals surface area contributed by atoms with Crippen LogP contribution in [0.4, 0.5) is 0 Å². The molecule has 0 aliphatic rings. The standard InChI is InChI=1S/C15H14S/c1-3-11-7-8-13-12(9-11)15-10(2)5-4-6-14(15)16-13/h4-9H,3H2,1-2H3. The summed E-state index contributed by atoms with van der Waals surface area (Å²) in [5, 5.41) is 2.87. The van der Waals surface area contributed by atoms with Gasteiger partial charge in [0.25, 0.3) is 0 Å². The lowest BCUT2D eigenvalue weighted by atomic mass is 10.0. The maximum Gasteiger partial charge on any atom is 0.0358 e. The number of aryl methyl sites for hydroxylation is 2. The number of benzene rings is 2. The second-order valence-corrected chi connectivity index (χ2v) is 5.32. The minimum absolute atomic E-state index is 1.11. The first-order valence-electron chi connectivity index (χ1n) is 5.70. The van der Waals surface area contributed by atoms with Crippen molar-refractivity contribution in [2.75, 3.05) is 0 Å². The van der Waals surface area contributed by atoms with E-state index >= 15 is 0 Å². The third-order valence-corrected chi connectivity index (χ3v) is 4.31. The van der Waals surface area contributed by atoms with Gasteiger partial charge in [0.2, 0.25) is 0 Å². The number of fused-ring (bicyclic) bond motifs is 3. The molecule has 0 saturated heterocycles. The van der Waals surface area contributed by atoms with Crippen molar-refractivity contribution in [1.82, 2.24) is 0 Å². The maximum absolute atomic E-state index is 2.35. The van der Waals surface area contributed by atoms with Crippen LogP contribution in [0, 0.1) is 6.92 Å². The van der Waals surface area contributed by atoms with Crippen LogP contribution in [0.2, 0.25) is 0 Å². The van der Waals surface area contributed by atoms with Crippen LogP contribution in [0.15, 0.2) is 36.4 Å². The van der Waals surface area contributed by atoms with Gasteiger partial charge in [0, 0.05) is 20.2 Å². The van der Waals surface area contributed by atoms with Crippen molar-refractivity contribution in [2.45, 2.75) is 20.3 Å². The van der Waals surface area contributed by atoms with Gasteiger partial charge in [0.15, 0.2) is 0 Å². The Morgan fingerprint density at radius 3 is 2.75 bits per heavy atom. The molecule has 0 aliphatic heterocycles. The van der Waals surface area contributed by atoms with Crippen LogP contribution in [-0.4, -0.2) is 0 Å². The second-order valence-electron chi connectivity index (χ2n) is 4.23. The normalized spacial score (nSPS) is 11.4. The van der Waals surface area contributed by atoms with Crippen molar-refractivity contribution < 1.29 is 0 Å². The van der Waals surface area contributed by atoms with Crippen molar-refractivity contribution >= 4 is 31.5 Å². The lowest BCUT2D eigenvalue weighted by molar-refractivity contribution is 1.15. The van der Waals surface area contributed by atoms with Crippen molar-refractivity contribution in [3.8, 4) is 0 Å². The molecule has 0 spiro atoms. The van der Waals surface area contributed by atoms with Gasteiger partial charge in [-0.05, 0) is 42.7 Å². The van der Waals surface area contributed by atoms with Crippen molar-refractivity contribution in [2.24, 2.45) is 0 Å². The van der Waals surface area contributed by atoms with E-state index in [-0.39, 0.29) is 0 Å². The van der Waals surface area contributed by atoms with Crippen LogP contribution in [0.5, 0.6) is 0 Å². The first-order valence-corrected chi connectivity index (χ1v) is 6.52. The molecule has 0 bridgehead atoms. The van der Waals surface area contributed by atoms with E-state index in [1.165, 1.54) is 31.3 Å². The van der Waals surface area contributed by atoms with Gasteiger partial charge in [0.05, 0.1) is 0 Å². The average Bonchev–Trinajstić information content (AvgIpc) is 2.67. The zero-order chi connectivity index (χ0) is 11.1. The van der Waals surface area contributed by atoms with Gasteiger partial charge in [-0.2, -0.15) is 0 Å². The number of thiophene rings is 1. The molecular weight excluding hydrogens is 212 g/mol. The van der Waals surface area contributed by atoms with Crippen molar-refractivity contribution in [3.05, 3.63) is 47.5 Å². The summed E-state index contributed by atoms with van der Waals surface area (Å²) in [6.07, 6.45) is 1.11. The van der Waals surface area contributed by atoms with Gasteiger partial charge in [-0.3, -0.25) is 0 Å². The summed E-state index contributed by atoms with van der Waals surface area (Å²) in [5.74, 6) is 0. The first-order chi connectivity index (χ1) is 7.79. The Balaban J connectivity index is 2.50. The first kappa shape index (κ1) is 9.86. The predicted molar refractivity (Wildman–Crippen MR) is 73.4 cm³/mol. The molecule has 1 heteroatoms. The molecule has 80 valence electrons. The van der Waals surface area contributed by atoms with Gasteiger partial charge >= 0.3 is 0 Å². The van der Waals surface area contributed by atoms with Crippen LogP contribution < -0.4 is 0 Å². The zero-order valence-electron chi connectivity index (χ0n) is 9.58. The number of hydrogen-bond donors (Lipinski definition) is 0. The molecule has 0 nitrogen and oxygen atoms in total. The number of rotatable bonds is 1. The molecule has 1 aromatic heterocycles. The zero-order valence-corrected chi connectivity index (χ0v) is 10.4. The highest BCUT2D eigenvalue weighted by Crippen LogP contribution is 2.36. The summed E-state index contributed by atoms with van der Waals surface area (Å²) in [6.45, 7) is 4.41. The minimum atomic E-state index is 1.11. The third kappa shape index (κ3) is 1.35. The Labute approximate surface area is 99.5 Å². The summed E-state index contributed by atoms with van der Waals surface area (Å²) in [5.41, 5.74) is 2.81. The van der Waals surface area contributed by atoms with Crippen LogP contribution in [-0.2, 0) is 6.42 Å². The van der Waals surface area contributed by atoms with Crippen LogP contribution >= 0.6 is 11.3 Å². The quantitative estimate of drug-likeness (QED) is 0.552. The maximum atomic E-state index is 2.35. The Hall–Kier alpha value is -1.34. The Bertz CT molecular complexity index is 662. The molecule has 16 heavy (non-hydrogen) atoms. The lowest BCUT2D eigenvalue weighted by Gasteiger charge is -1.99. The molecule has 3 rings (SSSR count). The fraction of sp³-hybridized carbons (Fsp3) is 0.200. The van der Waals surface area contributed by atoms with Crippen LogP contribution in [0.1, 0.15) is 18.1 Å². The summed E-state index contributed by atoms with van der Waals surface area (Å²) in [7, 11) is 0. The van der Waals surface area contributed by atoms with Crippen LogP contribution in [0.25, 0.3) is 20.2 Å². The van der Waals surface area contributed by atoms with Gasteiger partial charge in [-0.1, -0.05) is 25.1 Å². The van der Waals surface area contributed by atoms with E-state index in [1.54, 1.807) is 0 Å². The Morgan fingerprint density at radius 1 is 1.06 bits per heavy atom. The van der Waals surface area contributed by atoms with E-state index in [4.69, 9.17) is 0 Å². The molecule has 0 N–H and O–H groups in total. The minimum Gasteiger partial charge on any atom is -0.135 e. The smallest absolute Gasteiger partial charge is 0.0358 e. The van der Waals surface area contributed by atoms with Crippen molar-refractivity contribution in [1.29, 1.82) is 0 Å². The highest BCUT2D eigenvalue weighted by Gasteiger charge is 2.06. The molecule has 0 aliphatic carbocycles. The molecular formula is C15H14S. The molecule has 0 saturated carbocycles. The predicted octanol–water partition coefficient (Wildman–Crippen LogP) is 4.93. The summed E-state index contributed by atoms with van der Waals surface area (Å²) in [4.78, 5) is 0. The fourth-order valence-electron chi connectivity index (χ4n) is 2.27. The highest BCUT2D eigenvalue weighted by molar-refractivity contribution is 7.25. The Kier molecular flexibility index (Phi) is 2.22. The average molecular weight is 226 g/mol. The molecule has 2 aromatic carbocycles. The molecule has 3 aromatic rings. The number of hydrogen-bond acceptors (Lipinski definition) is 1. The largest absolute Gasteiger partial charge is 0.135 e. The van der Waals surface area contributed by atoms with E-state index < -0.39 is 0 Å². The summed E-state index contributed by atoms with van der Waals surface area (Å²) in [6, 6.07) is 13.4.